The zero-order chi connectivity index (χ0) is 20.0. The average Bonchev–Trinajstić information content (AvgIpc) is 3.44. The van der Waals surface area contributed by atoms with E-state index in [0.29, 0.717) is 32.9 Å². The zero-order valence-electron chi connectivity index (χ0n) is 16.0. The van der Waals surface area contributed by atoms with E-state index in [2.05, 4.69) is 17.0 Å². The fourth-order valence-electron chi connectivity index (χ4n) is 4.13. The third-order valence-electron chi connectivity index (χ3n) is 5.74. The predicted molar refractivity (Wildman–Crippen MR) is 108 cm³/mol. The molecule has 1 atom stereocenters. The van der Waals surface area contributed by atoms with Gasteiger partial charge in [0.1, 0.15) is 10.7 Å². The summed E-state index contributed by atoms with van der Waals surface area (Å²) in [5.41, 5.74) is 0.600. The van der Waals surface area contributed by atoms with Crippen molar-refractivity contribution in [2.75, 3.05) is 13.1 Å². The van der Waals surface area contributed by atoms with E-state index >= 15 is 0 Å². The summed E-state index contributed by atoms with van der Waals surface area (Å²) in [7, 11) is 0. The summed E-state index contributed by atoms with van der Waals surface area (Å²) < 4.78 is 21.6. The molecular formula is C21H22FN4O2S+. The molecule has 6 nitrogen and oxygen atoms in total. The van der Waals surface area contributed by atoms with Crippen molar-refractivity contribution in [3.63, 3.8) is 0 Å². The Morgan fingerprint density at radius 1 is 1.24 bits per heavy atom. The summed E-state index contributed by atoms with van der Waals surface area (Å²) in [4.78, 5) is 7.03. The third kappa shape index (κ3) is 3.22. The topological polar surface area (TPSA) is 68.0 Å². The van der Waals surface area contributed by atoms with Crippen LogP contribution in [0.5, 0.6) is 5.88 Å². The number of aromatic hydroxyl groups is 1. The van der Waals surface area contributed by atoms with Crippen LogP contribution in [0.3, 0.4) is 0 Å². The molecule has 0 saturated carbocycles. The van der Waals surface area contributed by atoms with E-state index in [1.165, 1.54) is 26.8 Å². The minimum atomic E-state index is -0.288. The van der Waals surface area contributed by atoms with Crippen LogP contribution in [0.25, 0.3) is 16.5 Å². The second-order valence-electron chi connectivity index (χ2n) is 7.69. The van der Waals surface area contributed by atoms with E-state index in [1.54, 1.807) is 24.5 Å². The van der Waals surface area contributed by atoms with Crippen LogP contribution in [0.2, 0.25) is 0 Å². The molecule has 0 unspecified atom stereocenters. The lowest BCUT2D eigenvalue weighted by molar-refractivity contribution is -0.931. The molecule has 1 saturated heterocycles. The Balaban J connectivity index is 1.60. The Morgan fingerprint density at radius 2 is 2.03 bits per heavy atom. The van der Waals surface area contributed by atoms with Crippen molar-refractivity contribution in [1.82, 2.24) is 14.6 Å². The molecule has 0 aliphatic carbocycles. The van der Waals surface area contributed by atoms with Crippen molar-refractivity contribution >= 4 is 16.3 Å². The maximum atomic E-state index is 14.8. The Labute approximate surface area is 171 Å². The Morgan fingerprint density at radius 3 is 2.72 bits per heavy atom. The molecule has 0 amide bonds. The molecule has 8 heteroatoms. The van der Waals surface area contributed by atoms with Gasteiger partial charge in [-0.15, -0.1) is 5.10 Å². The number of halogens is 1. The molecule has 2 N–H and O–H groups in total. The van der Waals surface area contributed by atoms with Gasteiger partial charge in [0.2, 0.25) is 16.7 Å². The number of nitrogens with zero attached hydrogens (tertiary/aromatic N) is 3. The van der Waals surface area contributed by atoms with Crippen molar-refractivity contribution in [2.24, 2.45) is 5.92 Å². The summed E-state index contributed by atoms with van der Waals surface area (Å²) in [6, 6.07) is 10.1. The largest absolute Gasteiger partial charge is 0.492 e. The van der Waals surface area contributed by atoms with Gasteiger partial charge in [-0.25, -0.2) is 4.39 Å². The number of benzene rings is 1. The molecule has 0 spiro atoms. The Hall–Kier alpha value is -2.71. The van der Waals surface area contributed by atoms with Crippen LogP contribution in [0.1, 0.15) is 36.2 Å². The van der Waals surface area contributed by atoms with Crippen molar-refractivity contribution in [2.45, 2.75) is 25.8 Å². The van der Waals surface area contributed by atoms with E-state index in [0.717, 1.165) is 25.9 Å². The number of piperidine rings is 1. The van der Waals surface area contributed by atoms with Gasteiger partial charge in [0, 0.05) is 0 Å². The fraction of sp³-hybridized carbons (Fsp3) is 0.333. The summed E-state index contributed by atoms with van der Waals surface area (Å²) in [6.45, 7) is 4.13. The second-order valence-corrected chi connectivity index (χ2v) is 8.70. The molecular weight excluding hydrogens is 391 g/mol. The summed E-state index contributed by atoms with van der Waals surface area (Å²) in [5.74, 6) is 1.41. The van der Waals surface area contributed by atoms with Gasteiger partial charge in [-0.05, 0) is 43.0 Å². The van der Waals surface area contributed by atoms with Gasteiger partial charge in [-0.3, -0.25) is 0 Å². The summed E-state index contributed by atoms with van der Waals surface area (Å²) in [6.07, 6.45) is 3.74. The predicted octanol–water partition coefficient (Wildman–Crippen LogP) is 3.30. The van der Waals surface area contributed by atoms with Gasteiger partial charge in [0.25, 0.3) is 0 Å². The van der Waals surface area contributed by atoms with Crippen LogP contribution >= 0.6 is 11.3 Å². The molecule has 1 fully saturated rings. The molecule has 29 heavy (non-hydrogen) atoms. The first kappa shape index (κ1) is 18.3. The van der Waals surface area contributed by atoms with Gasteiger partial charge in [0.05, 0.1) is 24.9 Å². The van der Waals surface area contributed by atoms with Crippen LogP contribution in [-0.2, 0) is 0 Å². The monoisotopic (exact) mass is 413 g/mol. The lowest BCUT2D eigenvalue weighted by Crippen LogP contribution is -3.13. The molecule has 0 radical (unpaired) electrons. The molecule has 5 rings (SSSR count). The number of quaternary nitrogens is 1. The highest BCUT2D eigenvalue weighted by Gasteiger charge is 2.36. The molecule has 1 aliphatic rings. The minimum Gasteiger partial charge on any atom is -0.492 e. The fourth-order valence-corrected chi connectivity index (χ4v) is 5.26. The molecule has 150 valence electrons. The van der Waals surface area contributed by atoms with E-state index < -0.39 is 0 Å². The van der Waals surface area contributed by atoms with E-state index in [-0.39, 0.29) is 17.7 Å². The minimum absolute atomic E-state index is 0.0229. The highest BCUT2D eigenvalue weighted by molar-refractivity contribution is 7.17. The maximum Gasteiger partial charge on any atom is 0.235 e. The van der Waals surface area contributed by atoms with Crippen molar-refractivity contribution in [3.8, 4) is 17.5 Å². The second kappa shape index (κ2) is 7.27. The third-order valence-corrected chi connectivity index (χ3v) is 6.83. The molecule has 0 bridgehead atoms. The number of hydrogen-bond donors (Lipinski definition) is 2. The number of rotatable bonds is 4. The average molecular weight is 413 g/mol. The Bertz CT molecular complexity index is 1130. The van der Waals surface area contributed by atoms with Crippen LogP contribution in [0, 0.1) is 11.7 Å². The first-order valence-corrected chi connectivity index (χ1v) is 10.6. The molecule has 1 aliphatic heterocycles. The molecule has 4 heterocycles. The van der Waals surface area contributed by atoms with Crippen molar-refractivity contribution < 1.29 is 18.8 Å². The van der Waals surface area contributed by atoms with E-state index in [1.807, 2.05) is 12.1 Å². The van der Waals surface area contributed by atoms with Gasteiger partial charge in [-0.1, -0.05) is 30.4 Å². The highest BCUT2D eigenvalue weighted by atomic mass is 32.1. The van der Waals surface area contributed by atoms with E-state index in [9.17, 15) is 9.50 Å². The zero-order valence-corrected chi connectivity index (χ0v) is 16.8. The Kier molecular flexibility index (Phi) is 4.60. The number of thiazole rings is 1. The lowest BCUT2D eigenvalue weighted by Gasteiger charge is -2.33. The number of fused-ring (bicyclic) bond motifs is 1. The SMILES string of the molecule is CC1CC[NH+]([C@H](c2ccccc2F)c2sc3nc(-c4ccco4)nn3c2O)CC1. The van der Waals surface area contributed by atoms with Gasteiger partial charge in [-0.2, -0.15) is 9.50 Å². The van der Waals surface area contributed by atoms with Crippen molar-refractivity contribution in [1.29, 1.82) is 0 Å². The number of aromatic nitrogens is 3. The van der Waals surface area contributed by atoms with Gasteiger partial charge < -0.3 is 14.4 Å². The number of nitrogens with one attached hydrogen (secondary N) is 1. The van der Waals surface area contributed by atoms with Crippen LogP contribution in [-0.4, -0.2) is 32.8 Å². The quantitative estimate of drug-likeness (QED) is 0.539. The molecule has 1 aromatic carbocycles. The summed E-state index contributed by atoms with van der Waals surface area (Å²) >= 11 is 1.36. The molecule has 4 aromatic rings. The number of hydrogen-bond acceptors (Lipinski definition) is 5. The van der Waals surface area contributed by atoms with Gasteiger partial charge >= 0.3 is 0 Å². The van der Waals surface area contributed by atoms with Crippen molar-refractivity contribution in [3.05, 3.63) is 58.9 Å². The normalized spacial score (nSPS) is 20.9. The first-order chi connectivity index (χ1) is 14.1. The van der Waals surface area contributed by atoms with Crippen LogP contribution < -0.4 is 4.90 Å². The highest BCUT2D eigenvalue weighted by Crippen LogP contribution is 2.37. The maximum absolute atomic E-state index is 14.8. The smallest absolute Gasteiger partial charge is 0.235 e. The first-order valence-electron chi connectivity index (χ1n) is 9.83. The number of likely N-dealkylation sites (tertiary alicyclic amines) is 1. The van der Waals surface area contributed by atoms with Crippen LogP contribution in [0.15, 0.2) is 47.1 Å². The van der Waals surface area contributed by atoms with Gasteiger partial charge in [0.15, 0.2) is 11.8 Å². The van der Waals surface area contributed by atoms with E-state index in [4.69, 9.17) is 4.42 Å². The van der Waals surface area contributed by atoms with Crippen LogP contribution in [0.4, 0.5) is 4.39 Å². The summed E-state index contributed by atoms with van der Waals surface area (Å²) in [5, 5.41) is 15.4. The lowest BCUT2D eigenvalue weighted by atomic mass is 9.95. The standard InChI is InChI=1S/C21H21FN4O2S/c1-13-8-10-25(11-9-13)17(14-5-2-3-6-15(14)22)18-20(27)26-21(29-18)23-19(24-26)16-7-4-12-28-16/h2-7,12-13,17,27H,8-11H2,1H3/p+1/t17-/m1/s1. The number of furan rings is 1. The molecule has 3 aromatic heterocycles.